The second-order valence-electron chi connectivity index (χ2n) is 10.7. The molecule has 10 heteroatoms. The Morgan fingerprint density at radius 1 is 1.21 bits per heavy atom. The number of hydrogen-bond donors (Lipinski definition) is 2. The summed E-state index contributed by atoms with van der Waals surface area (Å²) in [5.74, 6) is -1.33. The lowest BCUT2D eigenvalue weighted by Crippen LogP contribution is -2.44. The number of hydrogen-bond acceptors (Lipinski definition) is 7. The van der Waals surface area contributed by atoms with Crippen molar-refractivity contribution in [3.8, 4) is 5.75 Å². The van der Waals surface area contributed by atoms with E-state index in [-0.39, 0.29) is 42.8 Å². The normalized spacial score (nSPS) is 31.5. The molecule has 0 saturated carbocycles. The number of alkyl halides is 3. The Bertz CT molecular complexity index is 1100. The van der Waals surface area contributed by atoms with E-state index in [1.54, 1.807) is 13.0 Å². The van der Waals surface area contributed by atoms with E-state index in [1.165, 1.54) is 12.1 Å². The van der Waals surface area contributed by atoms with Crippen LogP contribution in [0.3, 0.4) is 0 Å². The molecule has 1 heterocycles. The van der Waals surface area contributed by atoms with Gasteiger partial charge in [0.25, 0.3) is 0 Å². The van der Waals surface area contributed by atoms with E-state index in [0.29, 0.717) is 19.3 Å². The van der Waals surface area contributed by atoms with Crippen LogP contribution in [0.15, 0.2) is 48.1 Å². The van der Waals surface area contributed by atoms with Crippen molar-refractivity contribution in [2.24, 2.45) is 17.8 Å². The number of allylic oxidation sites excluding steroid dienone is 2. The van der Waals surface area contributed by atoms with Gasteiger partial charge in [-0.1, -0.05) is 38.1 Å². The first-order chi connectivity index (χ1) is 18.4. The monoisotopic (exact) mass is 552 g/mol. The molecule has 0 aromatic heterocycles. The summed E-state index contributed by atoms with van der Waals surface area (Å²) in [6, 6.07) is 4.35. The van der Waals surface area contributed by atoms with E-state index in [9.17, 15) is 33.0 Å². The molecule has 3 aliphatic rings. The minimum Gasteiger partial charge on any atom is -0.479 e. The Kier molecular flexibility index (Phi) is 9.06. The van der Waals surface area contributed by atoms with E-state index in [4.69, 9.17) is 14.2 Å². The number of aliphatic hydroxyl groups is 2. The van der Waals surface area contributed by atoms with Crippen LogP contribution in [0, 0.1) is 17.8 Å². The summed E-state index contributed by atoms with van der Waals surface area (Å²) in [5.41, 5.74) is -0.0300. The first kappa shape index (κ1) is 29.1. The molecule has 7 nitrogen and oxygen atoms in total. The average Bonchev–Trinajstić information content (AvgIpc) is 2.86. The SMILES string of the molecule is CC[C@H](Oc1cccc(C(F)(F)F)c1)C(=O)OC1CC(O)C=C2C=CC(C)C(CC[C@@H]3C[C@@H](O)CC(=O)O3)C21. The molecule has 4 rings (SSSR count). The summed E-state index contributed by atoms with van der Waals surface area (Å²) in [5, 5.41) is 20.4. The number of benzene rings is 1. The van der Waals surface area contributed by atoms with Crippen LogP contribution in [0.4, 0.5) is 13.2 Å². The van der Waals surface area contributed by atoms with Gasteiger partial charge in [0.1, 0.15) is 18.0 Å². The van der Waals surface area contributed by atoms with Gasteiger partial charge in [0.15, 0.2) is 6.10 Å². The lowest BCUT2D eigenvalue weighted by Gasteiger charge is -2.43. The van der Waals surface area contributed by atoms with Crippen LogP contribution in [0.2, 0.25) is 0 Å². The summed E-state index contributed by atoms with van der Waals surface area (Å²) in [4.78, 5) is 25.0. The van der Waals surface area contributed by atoms with Gasteiger partial charge in [0.2, 0.25) is 0 Å². The number of carbonyl (C=O) groups is 2. The lowest BCUT2D eigenvalue weighted by atomic mass is 9.66. The molecule has 2 N–H and O–H groups in total. The average molecular weight is 553 g/mol. The molecule has 1 saturated heterocycles. The summed E-state index contributed by atoms with van der Waals surface area (Å²) in [7, 11) is 0. The van der Waals surface area contributed by atoms with Crippen molar-refractivity contribution in [3.63, 3.8) is 0 Å². The molecule has 0 bridgehead atoms. The molecule has 214 valence electrons. The van der Waals surface area contributed by atoms with E-state index >= 15 is 0 Å². The number of carbonyl (C=O) groups excluding carboxylic acids is 2. The third kappa shape index (κ3) is 7.22. The number of halogens is 3. The lowest BCUT2D eigenvalue weighted by molar-refractivity contribution is -0.165. The second kappa shape index (κ2) is 12.1. The molecule has 0 spiro atoms. The quantitative estimate of drug-likeness (QED) is 0.449. The largest absolute Gasteiger partial charge is 0.479 e. The van der Waals surface area contributed by atoms with E-state index in [1.807, 2.05) is 12.2 Å². The zero-order valence-electron chi connectivity index (χ0n) is 22.0. The van der Waals surface area contributed by atoms with Gasteiger partial charge < -0.3 is 24.4 Å². The van der Waals surface area contributed by atoms with Crippen molar-refractivity contribution in [2.75, 3.05) is 0 Å². The summed E-state index contributed by atoms with van der Waals surface area (Å²) < 4.78 is 56.3. The van der Waals surface area contributed by atoms with Crippen LogP contribution >= 0.6 is 0 Å². The third-order valence-electron chi connectivity index (χ3n) is 7.77. The van der Waals surface area contributed by atoms with E-state index < -0.39 is 54.2 Å². The van der Waals surface area contributed by atoms with Gasteiger partial charge in [-0.25, -0.2) is 4.79 Å². The maximum absolute atomic E-state index is 13.2. The van der Waals surface area contributed by atoms with E-state index in [0.717, 1.165) is 17.7 Å². The van der Waals surface area contributed by atoms with Crippen LogP contribution in [-0.2, 0) is 25.2 Å². The predicted molar refractivity (Wildman–Crippen MR) is 134 cm³/mol. The molecular weight excluding hydrogens is 517 g/mol. The smallest absolute Gasteiger partial charge is 0.416 e. The first-order valence-electron chi connectivity index (χ1n) is 13.4. The molecule has 8 atom stereocenters. The molecule has 1 aromatic rings. The van der Waals surface area contributed by atoms with Crippen LogP contribution in [-0.4, -0.2) is 52.7 Å². The molecule has 39 heavy (non-hydrogen) atoms. The zero-order valence-corrected chi connectivity index (χ0v) is 22.0. The van der Waals surface area contributed by atoms with Crippen LogP contribution < -0.4 is 4.74 Å². The van der Waals surface area contributed by atoms with Gasteiger partial charge in [-0.3, -0.25) is 4.79 Å². The van der Waals surface area contributed by atoms with Crippen molar-refractivity contribution >= 4 is 11.9 Å². The van der Waals surface area contributed by atoms with Gasteiger partial charge >= 0.3 is 18.1 Å². The standard InChI is InChI=1S/C29H35F3O7/c1-3-24(37-21-6-4-5-18(12-21)29(30,31)32)28(36)39-25-14-19(33)11-17-8-7-16(2)23(27(17)25)10-9-22-13-20(34)15-26(35)38-22/h4-8,11-12,16,19-20,22-25,27,33-34H,3,9-10,13-15H2,1-2H3/t16?,19?,20-,22-,23?,24+,25?,27?/m1/s1. The second-order valence-corrected chi connectivity index (χ2v) is 10.7. The van der Waals surface area contributed by atoms with Gasteiger partial charge in [0, 0.05) is 18.8 Å². The molecule has 0 radical (unpaired) electrons. The minimum atomic E-state index is -4.54. The number of rotatable bonds is 8. The highest BCUT2D eigenvalue weighted by Crippen LogP contribution is 2.44. The fraction of sp³-hybridized carbons (Fsp3) is 0.586. The summed E-state index contributed by atoms with van der Waals surface area (Å²) >= 11 is 0. The number of aliphatic hydroxyl groups excluding tert-OH is 2. The molecule has 1 aliphatic heterocycles. The van der Waals surface area contributed by atoms with Crippen LogP contribution in [0.1, 0.15) is 57.9 Å². The maximum Gasteiger partial charge on any atom is 0.416 e. The Morgan fingerprint density at radius 2 is 1.97 bits per heavy atom. The number of ether oxygens (including phenoxy) is 3. The molecule has 5 unspecified atom stereocenters. The Morgan fingerprint density at radius 3 is 2.67 bits per heavy atom. The molecule has 0 amide bonds. The number of fused-ring (bicyclic) bond motifs is 1. The van der Waals surface area contributed by atoms with E-state index in [2.05, 4.69) is 6.92 Å². The highest BCUT2D eigenvalue weighted by Gasteiger charge is 2.43. The van der Waals surface area contributed by atoms with Crippen molar-refractivity contribution < 1.29 is 47.2 Å². The summed E-state index contributed by atoms with van der Waals surface area (Å²) in [6.07, 6.45) is -0.688. The van der Waals surface area contributed by atoms with Gasteiger partial charge in [0.05, 0.1) is 24.2 Å². The zero-order chi connectivity index (χ0) is 28.3. The van der Waals surface area contributed by atoms with Crippen molar-refractivity contribution in [1.82, 2.24) is 0 Å². The maximum atomic E-state index is 13.2. The highest BCUT2D eigenvalue weighted by atomic mass is 19.4. The summed E-state index contributed by atoms with van der Waals surface area (Å²) in [6.45, 7) is 3.73. The molecule has 1 fully saturated rings. The highest BCUT2D eigenvalue weighted by molar-refractivity contribution is 5.75. The Balaban J connectivity index is 1.48. The van der Waals surface area contributed by atoms with Crippen LogP contribution in [0.5, 0.6) is 5.75 Å². The van der Waals surface area contributed by atoms with Crippen LogP contribution in [0.25, 0.3) is 0 Å². The number of cyclic esters (lactones) is 1. The number of esters is 2. The van der Waals surface area contributed by atoms with Crippen molar-refractivity contribution in [1.29, 1.82) is 0 Å². The molecule has 2 aliphatic carbocycles. The van der Waals surface area contributed by atoms with Gasteiger partial charge in [-0.2, -0.15) is 13.2 Å². The topological polar surface area (TPSA) is 102 Å². The first-order valence-corrected chi connectivity index (χ1v) is 13.4. The van der Waals surface area contributed by atoms with Crippen molar-refractivity contribution in [2.45, 2.75) is 89.1 Å². The molecular formula is C29H35F3O7. The Hall–Kier alpha value is -2.85. The fourth-order valence-electron chi connectivity index (χ4n) is 5.84. The molecule has 1 aromatic carbocycles. The fourth-order valence-corrected chi connectivity index (χ4v) is 5.84. The van der Waals surface area contributed by atoms with Gasteiger partial charge in [-0.05, 0) is 54.9 Å². The predicted octanol–water partition coefficient (Wildman–Crippen LogP) is 4.75. The van der Waals surface area contributed by atoms with Gasteiger partial charge in [-0.15, -0.1) is 0 Å². The van der Waals surface area contributed by atoms with Crippen molar-refractivity contribution in [3.05, 3.63) is 53.6 Å². The Labute approximate surface area is 225 Å². The third-order valence-corrected chi connectivity index (χ3v) is 7.77. The minimum absolute atomic E-state index is 0.00813.